The number of hydrogen-bond acceptors (Lipinski definition) is 4. The molecule has 4 heteroatoms. The van der Waals surface area contributed by atoms with Gasteiger partial charge in [-0.1, -0.05) is 0 Å². The second-order valence-corrected chi connectivity index (χ2v) is 6.33. The zero-order valence-electron chi connectivity index (χ0n) is 9.78. The molecule has 1 N–H and O–H groups in total. The van der Waals surface area contributed by atoms with Gasteiger partial charge < -0.3 is 9.84 Å². The Morgan fingerprint density at radius 1 is 1.50 bits per heavy atom. The lowest BCUT2D eigenvalue weighted by Crippen LogP contribution is -2.19. The summed E-state index contributed by atoms with van der Waals surface area (Å²) in [4.78, 5) is 11.2. The molecule has 2 aliphatic carbocycles. The minimum Gasteiger partial charge on any atom is -0.469 e. The Morgan fingerprint density at radius 3 is 2.75 bits per heavy atom. The number of thioether (sulfide) groups is 1. The number of hydrogen-bond donors (Lipinski definition) is 1. The van der Waals surface area contributed by atoms with Crippen molar-refractivity contribution in [1.29, 1.82) is 0 Å². The smallest absolute Gasteiger partial charge is 0.306 e. The molecule has 0 spiro atoms. The van der Waals surface area contributed by atoms with Crippen LogP contribution in [0, 0.1) is 5.41 Å². The molecule has 2 saturated carbocycles. The van der Waals surface area contributed by atoms with Crippen LogP contribution in [0.1, 0.15) is 38.5 Å². The molecule has 0 aromatic heterocycles. The molecular formula is C12H20O3S. The molecule has 0 aromatic rings. The third kappa shape index (κ3) is 2.92. The van der Waals surface area contributed by atoms with Crippen molar-refractivity contribution in [3.63, 3.8) is 0 Å². The van der Waals surface area contributed by atoms with Gasteiger partial charge in [-0.25, -0.2) is 0 Å². The maximum atomic E-state index is 11.2. The first kappa shape index (κ1) is 12.2. The minimum absolute atomic E-state index is 0.0925. The molecule has 3 nitrogen and oxygen atoms in total. The molecular weight excluding hydrogens is 224 g/mol. The summed E-state index contributed by atoms with van der Waals surface area (Å²) in [5, 5.41) is 10.1. The molecule has 0 saturated heterocycles. The van der Waals surface area contributed by atoms with Crippen LogP contribution in [0.25, 0.3) is 0 Å². The van der Waals surface area contributed by atoms with Gasteiger partial charge in [-0.15, -0.1) is 0 Å². The van der Waals surface area contributed by atoms with E-state index >= 15 is 0 Å². The molecule has 92 valence electrons. The maximum Gasteiger partial charge on any atom is 0.306 e. The number of rotatable bonds is 5. The van der Waals surface area contributed by atoms with Gasteiger partial charge in [-0.05, 0) is 43.3 Å². The molecule has 2 rings (SSSR count). The van der Waals surface area contributed by atoms with E-state index in [2.05, 4.69) is 0 Å². The van der Waals surface area contributed by atoms with Gasteiger partial charge in [0.25, 0.3) is 0 Å². The summed E-state index contributed by atoms with van der Waals surface area (Å²) in [6.45, 7) is 0. The van der Waals surface area contributed by atoms with Crippen LogP contribution >= 0.6 is 11.8 Å². The van der Waals surface area contributed by atoms with Crippen molar-refractivity contribution in [2.45, 2.75) is 49.9 Å². The Kier molecular flexibility index (Phi) is 3.80. The van der Waals surface area contributed by atoms with Crippen molar-refractivity contribution in [3.05, 3.63) is 0 Å². The van der Waals surface area contributed by atoms with Crippen LogP contribution in [0.4, 0.5) is 0 Å². The Morgan fingerprint density at radius 2 is 2.25 bits per heavy atom. The van der Waals surface area contributed by atoms with Crippen molar-refractivity contribution in [3.8, 4) is 0 Å². The van der Waals surface area contributed by atoms with E-state index in [-0.39, 0.29) is 17.5 Å². The summed E-state index contributed by atoms with van der Waals surface area (Å²) < 4.78 is 4.72. The maximum absolute atomic E-state index is 11.2. The number of methoxy groups -OCH3 is 1. The average molecular weight is 244 g/mol. The SMILES string of the molecule is COC(=O)CC1(CSC2CCCC2O)CC1. The van der Waals surface area contributed by atoms with E-state index in [1.165, 1.54) is 7.11 Å². The zero-order valence-corrected chi connectivity index (χ0v) is 10.6. The van der Waals surface area contributed by atoms with Gasteiger partial charge in [0.2, 0.25) is 0 Å². The van der Waals surface area contributed by atoms with E-state index in [0.29, 0.717) is 11.7 Å². The lowest BCUT2D eigenvalue weighted by atomic mass is 10.1. The third-order valence-electron chi connectivity index (χ3n) is 3.73. The summed E-state index contributed by atoms with van der Waals surface area (Å²) in [7, 11) is 1.45. The summed E-state index contributed by atoms with van der Waals surface area (Å²) in [6, 6.07) is 0. The summed E-state index contributed by atoms with van der Waals surface area (Å²) in [5.41, 5.74) is 0.195. The summed E-state index contributed by atoms with van der Waals surface area (Å²) >= 11 is 1.86. The van der Waals surface area contributed by atoms with Crippen molar-refractivity contribution in [2.24, 2.45) is 5.41 Å². The monoisotopic (exact) mass is 244 g/mol. The van der Waals surface area contributed by atoms with Crippen LogP contribution in [0.3, 0.4) is 0 Å². The molecule has 2 atom stereocenters. The van der Waals surface area contributed by atoms with E-state index in [0.717, 1.165) is 37.9 Å². The topological polar surface area (TPSA) is 46.5 Å². The molecule has 0 amide bonds. The highest BCUT2D eigenvalue weighted by Crippen LogP contribution is 2.52. The Bertz CT molecular complexity index is 263. The lowest BCUT2D eigenvalue weighted by molar-refractivity contribution is -0.141. The molecule has 0 aromatic carbocycles. The summed E-state index contributed by atoms with van der Waals surface area (Å²) in [5.74, 6) is 0.911. The van der Waals surface area contributed by atoms with Gasteiger partial charge in [0.05, 0.1) is 19.6 Å². The van der Waals surface area contributed by atoms with Crippen LogP contribution in [0.2, 0.25) is 0 Å². The Labute approximate surface area is 101 Å². The number of esters is 1. The molecule has 0 aliphatic heterocycles. The highest BCUT2D eigenvalue weighted by atomic mass is 32.2. The van der Waals surface area contributed by atoms with E-state index in [1.54, 1.807) is 0 Å². The predicted molar refractivity (Wildman–Crippen MR) is 64.4 cm³/mol. The molecule has 0 heterocycles. The number of aliphatic hydroxyl groups is 1. The van der Waals surface area contributed by atoms with Crippen molar-refractivity contribution in [1.82, 2.24) is 0 Å². The molecule has 2 aliphatic rings. The van der Waals surface area contributed by atoms with E-state index in [4.69, 9.17) is 4.74 Å². The van der Waals surface area contributed by atoms with Crippen LogP contribution in [0.5, 0.6) is 0 Å². The standard InChI is InChI=1S/C12H20O3S/c1-15-11(14)7-12(5-6-12)8-16-10-4-2-3-9(10)13/h9-10,13H,2-8H2,1H3. The van der Waals surface area contributed by atoms with Crippen LogP contribution in [-0.4, -0.2) is 35.3 Å². The highest BCUT2D eigenvalue weighted by molar-refractivity contribution is 8.00. The minimum atomic E-state index is -0.126. The van der Waals surface area contributed by atoms with Crippen molar-refractivity contribution in [2.75, 3.05) is 12.9 Å². The largest absolute Gasteiger partial charge is 0.469 e. The van der Waals surface area contributed by atoms with Gasteiger partial charge in [-0.2, -0.15) is 11.8 Å². The molecule has 2 unspecified atom stereocenters. The number of carbonyl (C=O) groups excluding carboxylic acids is 1. The summed E-state index contributed by atoms with van der Waals surface area (Å²) in [6.07, 6.45) is 5.92. The predicted octanol–water partition coefficient (Wildman–Crippen LogP) is 1.98. The fraction of sp³-hybridized carbons (Fsp3) is 0.917. The normalized spacial score (nSPS) is 31.4. The first-order chi connectivity index (χ1) is 7.65. The highest BCUT2D eigenvalue weighted by Gasteiger charge is 2.45. The lowest BCUT2D eigenvalue weighted by Gasteiger charge is -2.18. The van der Waals surface area contributed by atoms with Crippen LogP contribution in [0.15, 0.2) is 0 Å². The quantitative estimate of drug-likeness (QED) is 0.751. The molecule has 2 fully saturated rings. The van der Waals surface area contributed by atoms with E-state index in [9.17, 15) is 9.90 Å². The first-order valence-electron chi connectivity index (χ1n) is 6.02. The average Bonchev–Trinajstić information content (AvgIpc) is 2.91. The van der Waals surface area contributed by atoms with E-state index < -0.39 is 0 Å². The van der Waals surface area contributed by atoms with Crippen LogP contribution < -0.4 is 0 Å². The van der Waals surface area contributed by atoms with Gasteiger partial charge in [-0.3, -0.25) is 4.79 Å². The van der Waals surface area contributed by atoms with Crippen molar-refractivity contribution < 1.29 is 14.6 Å². The van der Waals surface area contributed by atoms with Gasteiger partial charge in [0, 0.05) is 5.25 Å². The fourth-order valence-corrected chi connectivity index (χ4v) is 3.96. The molecule has 16 heavy (non-hydrogen) atoms. The van der Waals surface area contributed by atoms with Crippen LogP contribution in [-0.2, 0) is 9.53 Å². The Hall–Kier alpha value is -0.220. The number of ether oxygens (including phenoxy) is 1. The zero-order chi connectivity index (χ0) is 11.6. The third-order valence-corrected chi connectivity index (χ3v) is 5.48. The first-order valence-corrected chi connectivity index (χ1v) is 7.07. The van der Waals surface area contributed by atoms with Gasteiger partial charge in [0.15, 0.2) is 0 Å². The second-order valence-electron chi connectivity index (χ2n) is 5.10. The second kappa shape index (κ2) is 4.96. The molecule has 0 bridgehead atoms. The Balaban J connectivity index is 1.74. The van der Waals surface area contributed by atoms with Gasteiger partial charge in [0.1, 0.15) is 0 Å². The van der Waals surface area contributed by atoms with Crippen molar-refractivity contribution >= 4 is 17.7 Å². The van der Waals surface area contributed by atoms with Gasteiger partial charge >= 0.3 is 5.97 Å². The number of carbonyl (C=O) groups is 1. The molecule has 0 radical (unpaired) electrons. The number of aliphatic hydroxyl groups excluding tert-OH is 1. The van der Waals surface area contributed by atoms with E-state index in [1.807, 2.05) is 11.8 Å². The fourth-order valence-electron chi connectivity index (χ4n) is 2.31.